The average Bonchev–Trinajstić information content (AvgIpc) is 2.71. The Labute approximate surface area is 109 Å². The maximum Gasteiger partial charge on any atom is 0.303 e. The van der Waals surface area contributed by atoms with Crippen LogP contribution in [0.15, 0.2) is 0 Å². The first-order valence-electron chi connectivity index (χ1n) is 6.60. The number of hydrogen-bond donors (Lipinski definition) is 2. The second-order valence-electron chi connectivity index (χ2n) is 5.58. The van der Waals surface area contributed by atoms with E-state index in [1.807, 2.05) is 25.7 Å². The minimum Gasteiger partial charge on any atom is -0.481 e. The molecule has 5 nitrogen and oxygen atoms in total. The smallest absolute Gasteiger partial charge is 0.303 e. The normalized spacial score (nSPS) is 23.3. The van der Waals surface area contributed by atoms with E-state index in [1.165, 1.54) is 0 Å². The third kappa shape index (κ3) is 3.70. The van der Waals surface area contributed by atoms with Crippen molar-refractivity contribution in [2.45, 2.75) is 46.1 Å². The molecule has 1 saturated heterocycles. The van der Waals surface area contributed by atoms with Gasteiger partial charge in [0.25, 0.3) is 0 Å². The highest BCUT2D eigenvalue weighted by Crippen LogP contribution is 2.28. The van der Waals surface area contributed by atoms with Gasteiger partial charge in [0.05, 0.1) is 5.41 Å². The highest BCUT2D eigenvalue weighted by molar-refractivity contribution is 5.83. The van der Waals surface area contributed by atoms with E-state index in [4.69, 9.17) is 5.11 Å². The first-order chi connectivity index (χ1) is 8.37. The van der Waals surface area contributed by atoms with Gasteiger partial charge in [0.2, 0.25) is 5.91 Å². The summed E-state index contributed by atoms with van der Waals surface area (Å²) in [4.78, 5) is 24.9. The lowest BCUT2D eigenvalue weighted by Crippen LogP contribution is -2.47. The molecule has 1 unspecified atom stereocenters. The molecule has 0 aromatic carbocycles. The summed E-state index contributed by atoms with van der Waals surface area (Å²) in [5.74, 6) is -0.659. The Hall–Kier alpha value is -1.10. The number of nitrogens with one attached hydrogen (secondary N) is 1. The van der Waals surface area contributed by atoms with E-state index < -0.39 is 5.97 Å². The lowest BCUT2D eigenvalue weighted by atomic mass is 9.87. The summed E-state index contributed by atoms with van der Waals surface area (Å²) in [6, 6.07) is 0.115. The Bertz CT molecular complexity index is 309. The maximum absolute atomic E-state index is 12.5. The van der Waals surface area contributed by atoms with Gasteiger partial charge >= 0.3 is 5.97 Å². The SMILES string of the molecule is CC(C)N(CCCC(=O)O)C(=O)C1(C)CCNC1. The molecule has 1 atom stereocenters. The van der Waals surface area contributed by atoms with Crippen molar-refractivity contribution in [2.75, 3.05) is 19.6 Å². The van der Waals surface area contributed by atoms with Crippen molar-refractivity contribution >= 4 is 11.9 Å². The van der Waals surface area contributed by atoms with Gasteiger partial charge in [-0.1, -0.05) is 0 Å². The lowest BCUT2D eigenvalue weighted by Gasteiger charge is -2.34. The zero-order valence-electron chi connectivity index (χ0n) is 11.5. The number of nitrogens with zero attached hydrogens (tertiary/aromatic N) is 1. The van der Waals surface area contributed by atoms with Gasteiger partial charge in [-0.15, -0.1) is 0 Å². The molecular weight excluding hydrogens is 232 g/mol. The number of amides is 1. The second-order valence-corrected chi connectivity index (χ2v) is 5.58. The predicted molar refractivity (Wildman–Crippen MR) is 69.3 cm³/mol. The third-order valence-corrected chi connectivity index (χ3v) is 3.56. The van der Waals surface area contributed by atoms with Crippen LogP contribution in [0, 0.1) is 5.41 Å². The zero-order chi connectivity index (χ0) is 13.8. The minimum atomic E-state index is -0.806. The Balaban J connectivity index is 2.60. The molecule has 2 N–H and O–H groups in total. The van der Waals surface area contributed by atoms with Crippen LogP contribution in [-0.2, 0) is 9.59 Å². The summed E-state index contributed by atoms with van der Waals surface area (Å²) in [5.41, 5.74) is -0.326. The second kappa shape index (κ2) is 6.18. The minimum absolute atomic E-state index is 0.115. The maximum atomic E-state index is 12.5. The molecule has 0 radical (unpaired) electrons. The van der Waals surface area contributed by atoms with Gasteiger partial charge in [0, 0.05) is 25.6 Å². The van der Waals surface area contributed by atoms with Gasteiger partial charge in [0.15, 0.2) is 0 Å². The van der Waals surface area contributed by atoms with Crippen molar-refractivity contribution in [1.29, 1.82) is 0 Å². The summed E-state index contributed by atoms with van der Waals surface area (Å²) >= 11 is 0. The molecule has 0 aromatic rings. The molecule has 0 aliphatic carbocycles. The standard InChI is InChI=1S/C13H24N2O3/c1-10(2)15(8-4-5-11(16)17)12(18)13(3)6-7-14-9-13/h10,14H,4-9H2,1-3H3,(H,16,17). The first-order valence-corrected chi connectivity index (χ1v) is 6.60. The lowest BCUT2D eigenvalue weighted by molar-refractivity contribution is -0.143. The Morgan fingerprint density at radius 3 is 2.56 bits per heavy atom. The summed E-state index contributed by atoms with van der Waals surface area (Å²) in [7, 11) is 0. The summed E-state index contributed by atoms with van der Waals surface area (Å²) in [6.07, 6.45) is 1.49. The van der Waals surface area contributed by atoms with Crippen LogP contribution in [0.25, 0.3) is 0 Å². The zero-order valence-corrected chi connectivity index (χ0v) is 11.5. The van der Waals surface area contributed by atoms with Crippen LogP contribution in [0.5, 0.6) is 0 Å². The molecule has 18 heavy (non-hydrogen) atoms. The van der Waals surface area contributed by atoms with Gasteiger partial charge < -0.3 is 15.3 Å². The van der Waals surface area contributed by atoms with Crippen molar-refractivity contribution in [3.8, 4) is 0 Å². The number of carboxylic acid groups (broad SMARTS) is 1. The molecule has 0 aromatic heterocycles. The van der Waals surface area contributed by atoms with Gasteiger partial charge in [-0.2, -0.15) is 0 Å². The van der Waals surface area contributed by atoms with E-state index in [-0.39, 0.29) is 23.8 Å². The average molecular weight is 256 g/mol. The fraction of sp³-hybridized carbons (Fsp3) is 0.846. The van der Waals surface area contributed by atoms with Crippen LogP contribution >= 0.6 is 0 Å². The van der Waals surface area contributed by atoms with Gasteiger partial charge in [-0.3, -0.25) is 9.59 Å². The fourth-order valence-corrected chi connectivity index (χ4v) is 2.34. The van der Waals surface area contributed by atoms with Gasteiger partial charge in [-0.05, 0) is 40.2 Å². The largest absolute Gasteiger partial charge is 0.481 e. The van der Waals surface area contributed by atoms with Crippen LogP contribution in [0.3, 0.4) is 0 Å². The predicted octanol–water partition coefficient (Wildman–Crippen LogP) is 1.09. The summed E-state index contributed by atoms with van der Waals surface area (Å²) in [5, 5.41) is 11.9. The van der Waals surface area contributed by atoms with Gasteiger partial charge in [0.1, 0.15) is 0 Å². The number of aliphatic carboxylic acids is 1. The summed E-state index contributed by atoms with van der Waals surface area (Å²) in [6.45, 7) is 8.06. The van der Waals surface area contributed by atoms with Crippen molar-refractivity contribution in [2.24, 2.45) is 5.41 Å². The fourth-order valence-electron chi connectivity index (χ4n) is 2.34. The monoisotopic (exact) mass is 256 g/mol. The molecule has 1 heterocycles. The van der Waals surface area contributed by atoms with E-state index in [2.05, 4.69) is 5.32 Å². The van der Waals surface area contributed by atoms with Crippen LogP contribution in [-0.4, -0.2) is 47.6 Å². The first kappa shape index (κ1) is 15.0. The van der Waals surface area contributed by atoms with Crippen molar-refractivity contribution in [1.82, 2.24) is 10.2 Å². The Kier molecular flexibility index (Phi) is 5.14. The molecule has 0 spiro atoms. The molecule has 104 valence electrons. The van der Waals surface area contributed by atoms with Gasteiger partial charge in [-0.25, -0.2) is 0 Å². The van der Waals surface area contributed by atoms with Crippen LogP contribution < -0.4 is 5.32 Å². The molecule has 1 rings (SSSR count). The quantitative estimate of drug-likeness (QED) is 0.746. The van der Waals surface area contributed by atoms with Crippen LogP contribution in [0.4, 0.5) is 0 Å². The van der Waals surface area contributed by atoms with E-state index in [1.54, 1.807) is 0 Å². The molecular formula is C13H24N2O3. The molecule has 0 bridgehead atoms. The van der Waals surface area contributed by atoms with E-state index in [0.717, 1.165) is 13.0 Å². The van der Waals surface area contributed by atoms with Crippen molar-refractivity contribution in [3.05, 3.63) is 0 Å². The Morgan fingerprint density at radius 2 is 2.11 bits per heavy atom. The number of carbonyl (C=O) groups excluding carboxylic acids is 1. The van der Waals surface area contributed by atoms with Crippen LogP contribution in [0.2, 0.25) is 0 Å². The highest BCUT2D eigenvalue weighted by atomic mass is 16.4. The van der Waals surface area contributed by atoms with E-state index >= 15 is 0 Å². The number of rotatable bonds is 6. The number of carboxylic acids is 1. The van der Waals surface area contributed by atoms with E-state index in [9.17, 15) is 9.59 Å². The molecule has 1 amide bonds. The number of carbonyl (C=O) groups is 2. The molecule has 0 saturated carbocycles. The third-order valence-electron chi connectivity index (χ3n) is 3.56. The molecule has 1 aliphatic rings. The Morgan fingerprint density at radius 1 is 1.44 bits per heavy atom. The number of hydrogen-bond acceptors (Lipinski definition) is 3. The topological polar surface area (TPSA) is 69.6 Å². The molecule has 5 heteroatoms. The molecule has 1 fully saturated rings. The molecule has 1 aliphatic heterocycles. The van der Waals surface area contributed by atoms with E-state index in [0.29, 0.717) is 19.5 Å². The van der Waals surface area contributed by atoms with Crippen LogP contribution in [0.1, 0.15) is 40.0 Å². The summed E-state index contributed by atoms with van der Waals surface area (Å²) < 4.78 is 0. The van der Waals surface area contributed by atoms with Crippen molar-refractivity contribution < 1.29 is 14.7 Å². The van der Waals surface area contributed by atoms with Crippen molar-refractivity contribution in [3.63, 3.8) is 0 Å². The highest BCUT2D eigenvalue weighted by Gasteiger charge is 2.39.